The third-order valence-corrected chi connectivity index (χ3v) is 3.96. The molecule has 0 aliphatic heterocycles. The Balaban J connectivity index is 1.79. The van der Waals surface area contributed by atoms with Gasteiger partial charge in [-0.3, -0.25) is 10.1 Å². The van der Waals surface area contributed by atoms with Gasteiger partial charge in [-0.05, 0) is 17.7 Å². The molecule has 6 nitrogen and oxygen atoms in total. The molecule has 1 aromatic heterocycles. The molecule has 0 amide bonds. The molecule has 1 heterocycles. The van der Waals surface area contributed by atoms with Gasteiger partial charge in [0.1, 0.15) is 0 Å². The van der Waals surface area contributed by atoms with E-state index in [0.717, 1.165) is 16.8 Å². The maximum atomic E-state index is 10.9. The molecule has 0 fully saturated rings. The van der Waals surface area contributed by atoms with Gasteiger partial charge in [0.25, 0.3) is 5.69 Å². The van der Waals surface area contributed by atoms with Crippen LogP contribution in [0.5, 0.6) is 0 Å². The number of hydrogen-bond acceptors (Lipinski definition) is 4. The van der Waals surface area contributed by atoms with Crippen molar-refractivity contribution in [1.82, 2.24) is 9.55 Å². The third kappa shape index (κ3) is 3.38. The van der Waals surface area contributed by atoms with Crippen LogP contribution in [0.1, 0.15) is 5.56 Å². The lowest BCUT2D eigenvalue weighted by Crippen LogP contribution is -2.05. The van der Waals surface area contributed by atoms with Crippen molar-refractivity contribution in [1.29, 1.82) is 0 Å². The first-order valence-electron chi connectivity index (χ1n) is 7.29. The minimum absolute atomic E-state index is 0.0596. The molecule has 0 spiro atoms. The van der Waals surface area contributed by atoms with E-state index >= 15 is 0 Å². The Morgan fingerprint density at radius 1 is 1.25 bits per heavy atom. The van der Waals surface area contributed by atoms with Gasteiger partial charge in [-0.15, -0.1) is 0 Å². The summed E-state index contributed by atoms with van der Waals surface area (Å²) in [6, 6.07) is 14.1. The van der Waals surface area contributed by atoms with Crippen LogP contribution in [0.2, 0.25) is 5.02 Å². The second kappa shape index (κ2) is 6.72. The Kier molecular flexibility index (Phi) is 4.48. The van der Waals surface area contributed by atoms with Crippen molar-refractivity contribution < 1.29 is 4.92 Å². The van der Waals surface area contributed by atoms with Crippen LogP contribution < -0.4 is 5.32 Å². The Morgan fingerprint density at radius 3 is 2.71 bits per heavy atom. The van der Waals surface area contributed by atoms with Gasteiger partial charge in [0.15, 0.2) is 0 Å². The second-order valence-corrected chi connectivity index (χ2v) is 5.75. The van der Waals surface area contributed by atoms with Crippen LogP contribution in [-0.2, 0) is 13.6 Å². The molecular weight excluding hydrogens is 328 g/mol. The third-order valence-electron chi connectivity index (χ3n) is 3.70. The number of non-ortho nitro benzene ring substituents is 1. The van der Waals surface area contributed by atoms with Crippen molar-refractivity contribution in [3.63, 3.8) is 0 Å². The number of benzene rings is 2. The summed E-state index contributed by atoms with van der Waals surface area (Å²) in [7, 11) is 1.87. The van der Waals surface area contributed by atoms with Crippen molar-refractivity contribution >= 4 is 23.2 Å². The quantitative estimate of drug-likeness (QED) is 0.555. The zero-order valence-corrected chi connectivity index (χ0v) is 13.7. The van der Waals surface area contributed by atoms with E-state index in [-0.39, 0.29) is 5.69 Å². The fourth-order valence-corrected chi connectivity index (χ4v) is 2.53. The molecule has 0 radical (unpaired) electrons. The number of imidazole rings is 1. The molecule has 2 aromatic carbocycles. The first-order chi connectivity index (χ1) is 11.5. The van der Waals surface area contributed by atoms with Gasteiger partial charge in [0.05, 0.1) is 16.8 Å². The maximum absolute atomic E-state index is 10.9. The average molecular weight is 343 g/mol. The van der Waals surface area contributed by atoms with Gasteiger partial charge in [-0.25, -0.2) is 4.98 Å². The predicted octanol–water partition coefficient (Wildman–Crippen LogP) is 4.26. The van der Waals surface area contributed by atoms with Crippen molar-refractivity contribution in [2.45, 2.75) is 6.54 Å². The van der Waals surface area contributed by atoms with E-state index in [4.69, 9.17) is 11.6 Å². The van der Waals surface area contributed by atoms with Crippen LogP contribution in [0, 0.1) is 10.1 Å². The van der Waals surface area contributed by atoms with Crippen LogP contribution in [0.3, 0.4) is 0 Å². The summed E-state index contributed by atoms with van der Waals surface area (Å²) < 4.78 is 1.87. The number of aromatic nitrogens is 2. The highest BCUT2D eigenvalue weighted by Gasteiger charge is 2.12. The first-order valence-corrected chi connectivity index (χ1v) is 7.67. The summed E-state index contributed by atoms with van der Waals surface area (Å²) in [5.41, 5.74) is 2.69. The summed E-state index contributed by atoms with van der Waals surface area (Å²) in [4.78, 5) is 14.9. The smallest absolute Gasteiger partial charge is 0.270 e. The van der Waals surface area contributed by atoms with Gasteiger partial charge >= 0.3 is 0 Å². The highest BCUT2D eigenvalue weighted by Crippen LogP contribution is 2.25. The molecule has 24 heavy (non-hydrogen) atoms. The van der Waals surface area contributed by atoms with E-state index in [2.05, 4.69) is 10.3 Å². The average Bonchev–Trinajstić information content (AvgIpc) is 2.95. The molecule has 0 bridgehead atoms. The molecule has 0 saturated carbocycles. The number of nitrogens with zero attached hydrogens (tertiary/aromatic N) is 3. The molecule has 3 aromatic rings. The maximum Gasteiger partial charge on any atom is 0.270 e. The number of hydrogen-bond donors (Lipinski definition) is 1. The lowest BCUT2D eigenvalue weighted by Gasteiger charge is -2.08. The molecule has 0 aliphatic rings. The Bertz CT molecular complexity index is 875. The van der Waals surface area contributed by atoms with Crippen LogP contribution in [0.4, 0.5) is 11.6 Å². The zero-order valence-electron chi connectivity index (χ0n) is 12.9. The molecule has 0 aliphatic carbocycles. The Hall–Kier alpha value is -2.86. The number of nitrogens with one attached hydrogen (secondary N) is 1. The largest absolute Gasteiger partial charge is 0.352 e. The summed E-state index contributed by atoms with van der Waals surface area (Å²) in [5, 5.41) is 14.9. The number of nitro groups is 1. The number of halogens is 1. The van der Waals surface area contributed by atoms with E-state index in [9.17, 15) is 10.1 Å². The van der Waals surface area contributed by atoms with Gasteiger partial charge in [-0.2, -0.15) is 0 Å². The van der Waals surface area contributed by atoms with E-state index in [1.165, 1.54) is 6.07 Å². The number of rotatable bonds is 5. The van der Waals surface area contributed by atoms with Gasteiger partial charge in [0.2, 0.25) is 5.95 Å². The Morgan fingerprint density at radius 2 is 2.00 bits per heavy atom. The molecule has 122 valence electrons. The number of nitro benzene ring substituents is 1. The number of anilines is 1. The lowest BCUT2D eigenvalue weighted by molar-refractivity contribution is -0.384. The molecule has 1 N–H and O–H groups in total. The zero-order chi connectivity index (χ0) is 17.1. The van der Waals surface area contributed by atoms with Crippen molar-refractivity contribution in [3.05, 3.63) is 75.4 Å². The predicted molar refractivity (Wildman–Crippen MR) is 94.1 cm³/mol. The molecule has 0 atom stereocenters. The summed E-state index contributed by atoms with van der Waals surface area (Å²) >= 11 is 5.88. The SMILES string of the molecule is Cn1c(-c2cccc([N+](=O)[O-])c2)cnc1NCc1ccc(Cl)cc1. The highest BCUT2D eigenvalue weighted by molar-refractivity contribution is 6.30. The topological polar surface area (TPSA) is 73.0 Å². The first kappa shape index (κ1) is 16.0. The van der Waals surface area contributed by atoms with Crippen LogP contribution in [0.25, 0.3) is 11.3 Å². The molecule has 0 saturated heterocycles. The molecule has 3 rings (SSSR count). The summed E-state index contributed by atoms with van der Waals surface area (Å²) in [6.45, 7) is 0.608. The van der Waals surface area contributed by atoms with E-state index in [1.54, 1.807) is 18.3 Å². The molecule has 0 unspecified atom stereocenters. The van der Waals surface area contributed by atoms with Crippen molar-refractivity contribution in [2.75, 3.05) is 5.32 Å². The monoisotopic (exact) mass is 342 g/mol. The van der Waals surface area contributed by atoms with E-state index in [0.29, 0.717) is 17.5 Å². The fraction of sp³-hybridized carbons (Fsp3) is 0.118. The minimum atomic E-state index is -0.403. The lowest BCUT2D eigenvalue weighted by atomic mass is 10.1. The summed E-state index contributed by atoms with van der Waals surface area (Å²) in [6.07, 6.45) is 1.70. The normalized spacial score (nSPS) is 10.6. The van der Waals surface area contributed by atoms with Crippen LogP contribution in [0.15, 0.2) is 54.7 Å². The fourth-order valence-electron chi connectivity index (χ4n) is 2.40. The van der Waals surface area contributed by atoms with Crippen molar-refractivity contribution in [2.24, 2.45) is 7.05 Å². The second-order valence-electron chi connectivity index (χ2n) is 5.31. The van der Waals surface area contributed by atoms with Crippen LogP contribution in [-0.4, -0.2) is 14.5 Å². The molecular formula is C17H15ClN4O2. The van der Waals surface area contributed by atoms with Crippen LogP contribution >= 0.6 is 11.6 Å². The van der Waals surface area contributed by atoms with Gasteiger partial charge in [-0.1, -0.05) is 35.9 Å². The Labute approximate surface area is 143 Å². The van der Waals surface area contributed by atoms with Crippen molar-refractivity contribution in [3.8, 4) is 11.3 Å². The van der Waals surface area contributed by atoms with Gasteiger partial charge < -0.3 is 9.88 Å². The van der Waals surface area contributed by atoms with E-state index < -0.39 is 4.92 Å². The standard InChI is InChI=1S/C17H15ClN4O2/c1-21-16(13-3-2-4-15(9-13)22(23)24)11-20-17(21)19-10-12-5-7-14(18)8-6-12/h2-9,11H,10H2,1H3,(H,19,20). The minimum Gasteiger partial charge on any atom is -0.352 e. The summed E-state index contributed by atoms with van der Waals surface area (Å²) in [5.74, 6) is 0.687. The van der Waals surface area contributed by atoms with E-state index in [1.807, 2.05) is 41.9 Å². The highest BCUT2D eigenvalue weighted by atomic mass is 35.5. The molecule has 7 heteroatoms. The van der Waals surface area contributed by atoms with Gasteiger partial charge in [0, 0.05) is 36.3 Å².